The van der Waals surface area contributed by atoms with Crippen LogP contribution in [0.1, 0.15) is 20.8 Å². The predicted molar refractivity (Wildman–Crippen MR) is 131 cm³/mol. The molecule has 4 aromatic rings. The molecule has 0 aliphatic carbocycles. The van der Waals surface area contributed by atoms with Crippen LogP contribution in [0.3, 0.4) is 0 Å². The molecule has 0 saturated heterocycles. The maximum atomic E-state index is 12.9. The van der Waals surface area contributed by atoms with E-state index in [1.807, 2.05) is 54.8 Å². The van der Waals surface area contributed by atoms with E-state index in [0.29, 0.717) is 27.8 Å². The van der Waals surface area contributed by atoms with Crippen molar-refractivity contribution < 1.29 is 13.2 Å². The van der Waals surface area contributed by atoms with Crippen LogP contribution in [0.15, 0.2) is 82.0 Å². The van der Waals surface area contributed by atoms with Gasteiger partial charge < -0.3 is 5.32 Å². The zero-order chi connectivity index (χ0) is 22.6. The lowest BCUT2D eigenvalue weighted by Crippen LogP contribution is -2.23. The third kappa shape index (κ3) is 5.38. The van der Waals surface area contributed by atoms with Gasteiger partial charge in [-0.3, -0.25) is 4.79 Å². The van der Waals surface area contributed by atoms with E-state index >= 15 is 0 Å². The van der Waals surface area contributed by atoms with E-state index in [-0.39, 0.29) is 11.7 Å². The molecule has 0 spiro atoms. The molecule has 0 radical (unpaired) electrons. The number of sulfone groups is 1. The Morgan fingerprint density at radius 2 is 1.84 bits per heavy atom. The van der Waals surface area contributed by atoms with Gasteiger partial charge in [-0.1, -0.05) is 42.0 Å². The van der Waals surface area contributed by atoms with Crippen molar-refractivity contribution in [2.75, 3.05) is 11.5 Å². The summed E-state index contributed by atoms with van der Waals surface area (Å²) >= 11 is 2.87. The molecule has 1 amide bonds. The normalized spacial score (nSPS) is 11.5. The Morgan fingerprint density at radius 1 is 1.06 bits per heavy atom. The van der Waals surface area contributed by atoms with Crippen LogP contribution >= 0.6 is 23.1 Å². The second kappa shape index (κ2) is 9.85. The highest BCUT2D eigenvalue weighted by Gasteiger charge is 2.18. The van der Waals surface area contributed by atoms with E-state index in [0.717, 1.165) is 21.3 Å². The number of amides is 1. The molecule has 0 bridgehead atoms. The molecule has 0 unspecified atom stereocenters. The molecule has 4 rings (SSSR count). The SMILES string of the molecule is Cc1ccc(S(=O)(=O)CCSc2nc3ccccc3cc2C(=O)NCc2cccs2)cc1. The molecular formula is C24H22N2O3S3. The van der Waals surface area contributed by atoms with Crippen molar-refractivity contribution >= 4 is 49.7 Å². The van der Waals surface area contributed by atoms with Crippen LogP contribution in [0.4, 0.5) is 0 Å². The van der Waals surface area contributed by atoms with Gasteiger partial charge in [-0.05, 0) is 42.6 Å². The maximum Gasteiger partial charge on any atom is 0.254 e. The third-order valence-electron chi connectivity index (χ3n) is 4.91. The lowest BCUT2D eigenvalue weighted by atomic mass is 10.1. The first kappa shape index (κ1) is 22.5. The van der Waals surface area contributed by atoms with Gasteiger partial charge in [0.2, 0.25) is 0 Å². The van der Waals surface area contributed by atoms with Crippen LogP contribution in [-0.2, 0) is 16.4 Å². The number of nitrogens with one attached hydrogen (secondary N) is 1. The summed E-state index contributed by atoms with van der Waals surface area (Å²) in [6.07, 6.45) is 0. The number of fused-ring (bicyclic) bond motifs is 1. The van der Waals surface area contributed by atoms with Crippen LogP contribution in [0.2, 0.25) is 0 Å². The van der Waals surface area contributed by atoms with E-state index in [2.05, 4.69) is 10.3 Å². The van der Waals surface area contributed by atoms with Crippen LogP contribution < -0.4 is 5.32 Å². The molecule has 0 fully saturated rings. The van der Waals surface area contributed by atoms with Gasteiger partial charge in [-0.2, -0.15) is 0 Å². The predicted octanol–water partition coefficient (Wildman–Crippen LogP) is 5.10. The van der Waals surface area contributed by atoms with Crippen molar-refractivity contribution in [1.82, 2.24) is 10.3 Å². The zero-order valence-corrected chi connectivity index (χ0v) is 19.9. The number of thioether (sulfide) groups is 1. The monoisotopic (exact) mass is 482 g/mol. The van der Waals surface area contributed by atoms with Crippen LogP contribution in [0.5, 0.6) is 0 Å². The molecule has 8 heteroatoms. The molecular weight excluding hydrogens is 460 g/mol. The standard InChI is InChI=1S/C24H22N2O3S3/c1-17-8-10-20(11-9-17)32(28,29)14-13-31-24-21(15-18-5-2-3-7-22(18)26-24)23(27)25-16-19-6-4-12-30-19/h2-12,15H,13-14,16H2,1H3,(H,25,27). The van der Waals surface area contributed by atoms with Crippen LogP contribution in [-0.4, -0.2) is 30.8 Å². The largest absolute Gasteiger partial charge is 0.347 e. The highest BCUT2D eigenvalue weighted by molar-refractivity contribution is 8.00. The number of aryl methyl sites for hydroxylation is 1. The Bertz CT molecular complexity index is 1330. The van der Waals surface area contributed by atoms with Crippen molar-refractivity contribution in [2.45, 2.75) is 23.4 Å². The molecule has 1 N–H and O–H groups in total. The number of aromatic nitrogens is 1. The Labute approximate surface area is 195 Å². The van der Waals surface area contributed by atoms with Gasteiger partial charge >= 0.3 is 0 Å². The maximum absolute atomic E-state index is 12.9. The molecule has 0 aliphatic rings. The molecule has 0 atom stereocenters. The average Bonchev–Trinajstić information content (AvgIpc) is 3.31. The average molecular weight is 483 g/mol. The van der Waals surface area contributed by atoms with Gasteiger partial charge in [0.15, 0.2) is 9.84 Å². The Hall–Kier alpha value is -2.68. The van der Waals surface area contributed by atoms with Crippen LogP contribution in [0.25, 0.3) is 10.9 Å². The molecule has 2 heterocycles. The molecule has 2 aromatic carbocycles. The van der Waals surface area contributed by atoms with E-state index < -0.39 is 9.84 Å². The van der Waals surface area contributed by atoms with Gasteiger partial charge in [0.05, 0.1) is 28.3 Å². The quantitative estimate of drug-likeness (QED) is 0.354. The minimum Gasteiger partial charge on any atom is -0.347 e. The minimum absolute atomic E-state index is 0.0362. The lowest BCUT2D eigenvalue weighted by molar-refractivity contribution is 0.0948. The van der Waals surface area contributed by atoms with E-state index in [1.54, 1.807) is 35.6 Å². The van der Waals surface area contributed by atoms with E-state index in [4.69, 9.17) is 0 Å². The lowest BCUT2D eigenvalue weighted by Gasteiger charge is -2.11. The Balaban J connectivity index is 1.53. The third-order valence-corrected chi connectivity index (χ3v) is 8.77. The first-order valence-corrected chi connectivity index (χ1v) is 13.6. The summed E-state index contributed by atoms with van der Waals surface area (Å²) in [6.45, 7) is 2.36. The van der Waals surface area contributed by atoms with E-state index in [1.165, 1.54) is 11.8 Å². The Kier molecular flexibility index (Phi) is 6.93. The number of carbonyl (C=O) groups excluding carboxylic acids is 1. The fraction of sp³-hybridized carbons (Fsp3) is 0.167. The summed E-state index contributed by atoms with van der Waals surface area (Å²) in [4.78, 5) is 19.0. The van der Waals surface area contributed by atoms with Gasteiger partial charge in [0, 0.05) is 16.0 Å². The summed E-state index contributed by atoms with van der Waals surface area (Å²) in [5.74, 6) is 0.0404. The summed E-state index contributed by atoms with van der Waals surface area (Å²) in [5, 5.41) is 6.31. The highest BCUT2D eigenvalue weighted by Crippen LogP contribution is 2.26. The first-order chi connectivity index (χ1) is 15.4. The number of benzene rings is 2. The Morgan fingerprint density at radius 3 is 2.59 bits per heavy atom. The van der Waals surface area contributed by atoms with Gasteiger partial charge in [0.25, 0.3) is 5.91 Å². The molecule has 0 saturated carbocycles. The number of nitrogens with zero attached hydrogens (tertiary/aromatic N) is 1. The summed E-state index contributed by atoms with van der Waals surface area (Å²) in [6, 6.07) is 20.2. The fourth-order valence-electron chi connectivity index (χ4n) is 3.16. The highest BCUT2D eigenvalue weighted by atomic mass is 32.2. The fourth-order valence-corrected chi connectivity index (χ4v) is 6.46. The number of para-hydroxylation sites is 1. The van der Waals surface area contributed by atoms with E-state index in [9.17, 15) is 13.2 Å². The summed E-state index contributed by atoms with van der Waals surface area (Å²) in [7, 11) is -3.41. The number of thiophene rings is 1. The van der Waals surface area contributed by atoms with Crippen molar-refractivity contribution in [3.8, 4) is 0 Å². The number of pyridine rings is 1. The van der Waals surface area contributed by atoms with Gasteiger partial charge in [-0.15, -0.1) is 23.1 Å². The summed E-state index contributed by atoms with van der Waals surface area (Å²) in [5.41, 5.74) is 2.24. The summed E-state index contributed by atoms with van der Waals surface area (Å²) < 4.78 is 25.4. The topological polar surface area (TPSA) is 76.1 Å². The smallest absolute Gasteiger partial charge is 0.254 e. The second-order valence-corrected chi connectivity index (χ2v) is 11.5. The van der Waals surface area contributed by atoms with Crippen LogP contribution in [0, 0.1) is 6.92 Å². The molecule has 32 heavy (non-hydrogen) atoms. The number of hydrogen-bond donors (Lipinski definition) is 1. The number of rotatable bonds is 8. The van der Waals surface area contributed by atoms with Crippen molar-refractivity contribution in [3.05, 3.63) is 88.1 Å². The number of carbonyl (C=O) groups is 1. The van der Waals surface area contributed by atoms with Crippen molar-refractivity contribution in [1.29, 1.82) is 0 Å². The number of hydrogen-bond acceptors (Lipinski definition) is 6. The van der Waals surface area contributed by atoms with Gasteiger partial charge in [-0.25, -0.2) is 13.4 Å². The van der Waals surface area contributed by atoms with Crippen molar-refractivity contribution in [3.63, 3.8) is 0 Å². The molecule has 164 valence electrons. The van der Waals surface area contributed by atoms with Gasteiger partial charge in [0.1, 0.15) is 5.03 Å². The second-order valence-electron chi connectivity index (χ2n) is 7.28. The molecule has 0 aliphatic heterocycles. The zero-order valence-electron chi connectivity index (χ0n) is 17.4. The minimum atomic E-state index is -3.41. The first-order valence-electron chi connectivity index (χ1n) is 10.0. The molecule has 5 nitrogen and oxygen atoms in total. The van der Waals surface area contributed by atoms with Crippen molar-refractivity contribution in [2.24, 2.45) is 0 Å². The molecule has 2 aromatic heterocycles.